The number of carbonyl (C=O) groups is 2. The van der Waals surface area contributed by atoms with Gasteiger partial charge in [-0.3, -0.25) is 4.79 Å². The fourth-order valence-corrected chi connectivity index (χ4v) is 1.93. The van der Waals surface area contributed by atoms with Crippen LogP contribution in [-0.4, -0.2) is 25.0 Å². The molecule has 2 aromatic rings. The number of benzene rings is 1. The van der Waals surface area contributed by atoms with Gasteiger partial charge >= 0.3 is 5.97 Å². The molecule has 0 saturated heterocycles. The zero-order chi connectivity index (χ0) is 15.4. The Morgan fingerprint density at radius 3 is 2.67 bits per heavy atom. The molecule has 21 heavy (non-hydrogen) atoms. The Hall–Kier alpha value is -2.30. The highest BCUT2D eigenvalue weighted by Gasteiger charge is 2.19. The monoisotopic (exact) mass is 289 g/mol. The van der Waals surface area contributed by atoms with Crippen LogP contribution in [0.25, 0.3) is 11.0 Å². The Morgan fingerprint density at radius 2 is 2.00 bits per heavy atom. The van der Waals surface area contributed by atoms with Crippen molar-refractivity contribution in [3.63, 3.8) is 0 Å². The van der Waals surface area contributed by atoms with Crippen molar-refractivity contribution in [2.45, 2.75) is 20.8 Å². The minimum Gasteiger partial charge on any atom is -0.450 e. The van der Waals surface area contributed by atoms with Gasteiger partial charge in [0.2, 0.25) is 5.76 Å². The normalized spacial score (nSPS) is 10.9. The number of carbonyl (C=O) groups excluding carboxylic acids is 2. The standard InChI is InChI=1S/C16H19NO4/c1-10(2)8-17-14(18)9-20-16(19)15-11(3)12-6-4-5-7-13(12)21-15/h4-7,10H,8-9H2,1-3H3,(H,17,18). The van der Waals surface area contributed by atoms with E-state index in [1.54, 1.807) is 13.0 Å². The van der Waals surface area contributed by atoms with Gasteiger partial charge in [-0.15, -0.1) is 0 Å². The lowest BCUT2D eigenvalue weighted by atomic mass is 10.1. The highest BCUT2D eigenvalue weighted by atomic mass is 16.5. The van der Waals surface area contributed by atoms with Gasteiger partial charge in [-0.1, -0.05) is 32.0 Å². The molecule has 0 saturated carbocycles. The molecule has 1 amide bonds. The number of aryl methyl sites for hydroxylation is 1. The van der Waals surface area contributed by atoms with Gasteiger partial charge in [0.05, 0.1) is 0 Å². The molecule has 0 aliphatic rings. The lowest BCUT2D eigenvalue weighted by Gasteiger charge is -2.07. The van der Waals surface area contributed by atoms with E-state index < -0.39 is 5.97 Å². The molecule has 5 heteroatoms. The molecule has 0 fully saturated rings. The summed E-state index contributed by atoms with van der Waals surface area (Å²) in [5, 5.41) is 3.55. The maximum atomic E-state index is 12.0. The molecular formula is C16H19NO4. The van der Waals surface area contributed by atoms with Crippen molar-refractivity contribution in [2.24, 2.45) is 5.92 Å². The van der Waals surface area contributed by atoms with Crippen LogP contribution in [0.4, 0.5) is 0 Å². The van der Waals surface area contributed by atoms with Crippen LogP contribution in [0.15, 0.2) is 28.7 Å². The topological polar surface area (TPSA) is 68.5 Å². The van der Waals surface area contributed by atoms with Crippen molar-refractivity contribution >= 4 is 22.8 Å². The third kappa shape index (κ3) is 3.62. The van der Waals surface area contributed by atoms with E-state index in [0.29, 0.717) is 18.0 Å². The lowest BCUT2D eigenvalue weighted by Crippen LogP contribution is -2.31. The molecule has 1 aromatic carbocycles. The zero-order valence-corrected chi connectivity index (χ0v) is 12.4. The summed E-state index contributed by atoms with van der Waals surface area (Å²) in [7, 11) is 0. The highest BCUT2D eigenvalue weighted by molar-refractivity contribution is 5.96. The number of fused-ring (bicyclic) bond motifs is 1. The summed E-state index contributed by atoms with van der Waals surface area (Å²) in [6.07, 6.45) is 0. The molecule has 1 heterocycles. The Morgan fingerprint density at radius 1 is 1.29 bits per heavy atom. The second-order valence-corrected chi connectivity index (χ2v) is 5.33. The number of ether oxygens (including phenoxy) is 1. The van der Waals surface area contributed by atoms with Gasteiger partial charge in [0.15, 0.2) is 6.61 Å². The van der Waals surface area contributed by atoms with Crippen LogP contribution in [0.2, 0.25) is 0 Å². The summed E-state index contributed by atoms with van der Waals surface area (Å²) in [4.78, 5) is 23.5. The molecule has 0 spiro atoms. The molecule has 112 valence electrons. The minimum absolute atomic E-state index is 0.146. The van der Waals surface area contributed by atoms with Crippen molar-refractivity contribution in [3.8, 4) is 0 Å². The van der Waals surface area contributed by atoms with Crippen LogP contribution in [-0.2, 0) is 9.53 Å². The number of hydrogen-bond acceptors (Lipinski definition) is 4. The molecule has 0 aliphatic heterocycles. The van der Waals surface area contributed by atoms with Gasteiger partial charge < -0.3 is 14.5 Å². The number of amides is 1. The van der Waals surface area contributed by atoms with Crippen LogP contribution >= 0.6 is 0 Å². The summed E-state index contributed by atoms with van der Waals surface area (Å²) in [6, 6.07) is 7.37. The number of rotatable bonds is 5. The first-order valence-electron chi connectivity index (χ1n) is 6.91. The number of nitrogens with one attached hydrogen (secondary N) is 1. The first-order chi connectivity index (χ1) is 9.99. The molecule has 1 N–H and O–H groups in total. The van der Waals surface area contributed by atoms with E-state index in [1.165, 1.54) is 0 Å². The zero-order valence-electron chi connectivity index (χ0n) is 12.4. The number of para-hydroxylation sites is 1. The second kappa shape index (κ2) is 6.43. The van der Waals surface area contributed by atoms with Crippen LogP contribution in [0.1, 0.15) is 30.0 Å². The first kappa shape index (κ1) is 15.1. The van der Waals surface area contributed by atoms with Gasteiger partial charge in [0, 0.05) is 17.5 Å². The van der Waals surface area contributed by atoms with Crippen LogP contribution in [0.3, 0.4) is 0 Å². The molecule has 5 nitrogen and oxygen atoms in total. The van der Waals surface area contributed by atoms with E-state index in [-0.39, 0.29) is 18.3 Å². The van der Waals surface area contributed by atoms with Gasteiger partial charge in [0.1, 0.15) is 5.58 Å². The molecule has 1 aromatic heterocycles. The smallest absolute Gasteiger partial charge is 0.375 e. The largest absolute Gasteiger partial charge is 0.450 e. The van der Waals surface area contributed by atoms with Gasteiger partial charge in [-0.25, -0.2) is 4.79 Å². The summed E-state index contributed by atoms with van der Waals surface area (Å²) in [5.41, 5.74) is 1.35. The van der Waals surface area contributed by atoms with Crippen molar-refractivity contribution in [1.82, 2.24) is 5.32 Å². The SMILES string of the molecule is Cc1c(C(=O)OCC(=O)NCC(C)C)oc2ccccc12. The molecule has 2 rings (SSSR count). The Kier molecular flexibility index (Phi) is 4.62. The van der Waals surface area contributed by atoms with E-state index in [9.17, 15) is 9.59 Å². The van der Waals surface area contributed by atoms with E-state index in [2.05, 4.69) is 5.32 Å². The quantitative estimate of drug-likeness (QED) is 0.859. The Labute approximate surface area is 123 Å². The molecule has 0 aliphatic carbocycles. The molecule has 0 radical (unpaired) electrons. The molecule has 0 unspecified atom stereocenters. The van der Waals surface area contributed by atoms with E-state index in [1.807, 2.05) is 32.0 Å². The van der Waals surface area contributed by atoms with E-state index >= 15 is 0 Å². The number of esters is 1. The number of hydrogen-bond donors (Lipinski definition) is 1. The summed E-state index contributed by atoms with van der Waals surface area (Å²) in [6.45, 7) is 6.03. The van der Waals surface area contributed by atoms with Gasteiger partial charge in [-0.2, -0.15) is 0 Å². The van der Waals surface area contributed by atoms with E-state index in [0.717, 1.165) is 10.9 Å². The van der Waals surface area contributed by atoms with Gasteiger partial charge in [-0.05, 0) is 18.9 Å². The van der Waals surface area contributed by atoms with E-state index in [4.69, 9.17) is 9.15 Å². The molecule has 0 bridgehead atoms. The third-order valence-corrected chi connectivity index (χ3v) is 3.07. The number of furan rings is 1. The van der Waals surface area contributed by atoms with Gasteiger partial charge in [0.25, 0.3) is 5.91 Å². The van der Waals surface area contributed by atoms with Crippen molar-refractivity contribution in [3.05, 3.63) is 35.6 Å². The lowest BCUT2D eigenvalue weighted by molar-refractivity contribution is -0.124. The van der Waals surface area contributed by atoms with Crippen molar-refractivity contribution in [2.75, 3.05) is 13.2 Å². The second-order valence-electron chi connectivity index (χ2n) is 5.33. The third-order valence-electron chi connectivity index (χ3n) is 3.07. The average Bonchev–Trinajstić information content (AvgIpc) is 2.80. The average molecular weight is 289 g/mol. The summed E-state index contributed by atoms with van der Waals surface area (Å²) >= 11 is 0. The van der Waals surface area contributed by atoms with Crippen LogP contribution in [0, 0.1) is 12.8 Å². The maximum Gasteiger partial charge on any atom is 0.375 e. The predicted octanol–water partition coefficient (Wildman–Crippen LogP) is 2.67. The predicted molar refractivity (Wildman–Crippen MR) is 79.1 cm³/mol. The summed E-state index contributed by atoms with van der Waals surface area (Å²) < 4.78 is 10.5. The van der Waals surface area contributed by atoms with Crippen LogP contribution < -0.4 is 5.32 Å². The Bertz CT molecular complexity index is 657. The fraction of sp³-hybridized carbons (Fsp3) is 0.375. The molecule has 0 atom stereocenters. The minimum atomic E-state index is -0.622. The maximum absolute atomic E-state index is 12.0. The van der Waals surface area contributed by atoms with Crippen molar-refractivity contribution < 1.29 is 18.7 Å². The van der Waals surface area contributed by atoms with Crippen molar-refractivity contribution in [1.29, 1.82) is 0 Å². The highest BCUT2D eigenvalue weighted by Crippen LogP contribution is 2.25. The fourth-order valence-electron chi connectivity index (χ4n) is 1.93. The molecular weight excluding hydrogens is 270 g/mol. The van der Waals surface area contributed by atoms with Crippen LogP contribution in [0.5, 0.6) is 0 Å². The Balaban J connectivity index is 1.99. The first-order valence-corrected chi connectivity index (χ1v) is 6.91. The summed E-state index contributed by atoms with van der Waals surface area (Å²) in [5.74, 6) is -0.440.